The van der Waals surface area contributed by atoms with E-state index in [1.807, 2.05) is 10.7 Å². The summed E-state index contributed by atoms with van der Waals surface area (Å²) in [5.74, 6) is 0.0539. The van der Waals surface area contributed by atoms with E-state index in [0.29, 0.717) is 37.3 Å². The molecule has 0 spiro atoms. The molecule has 1 aliphatic heterocycles. The average Bonchev–Trinajstić information content (AvgIpc) is 3.20. The third-order valence-electron chi connectivity index (χ3n) is 6.18. The van der Waals surface area contributed by atoms with E-state index in [0.717, 1.165) is 12.8 Å². The van der Waals surface area contributed by atoms with Crippen LogP contribution in [0.3, 0.4) is 0 Å². The number of primary amides is 1. The number of carbonyl (C=O) groups is 1. The fourth-order valence-electron chi connectivity index (χ4n) is 4.60. The Morgan fingerprint density at radius 3 is 2.50 bits per heavy atom. The summed E-state index contributed by atoms with van der Waals surface area (Å²) >= 11 is 0. The molecule has 1 atom stereocenters. The van der Waals surface area contributed by atoms with Gasteiger partial charge in [-0.2, -0.15) is 0 Å². The lowest BCUT2D eigenvalue weighted by Crippen LogP contribution is -2.42. The van der Waals surface area contributed by atoms with Crippen molar-refractivity contribution >= 4 is 5.91 Å². The van der Waals surface area contributed by atoms with Crippen molar-refractivity contribution in [3.05, 3.63) is 41.5 Å². The van der Waals surface area contributed by atoms with Crippen LogP contribution in [0.1, 0.15) is 68.4 Å². The number of tetrazole rings is 1. The highest BCUT2D eigenvalue weighted by atomic mass is 19.1. The highest BCUT2D eigenvalue weighted by Gasteiger charge is 2.35. The van der Waals surface area contributed by atoms with Crippen LogP contribution in [0.25, 0.3) is 0 Å². The van der Waals surface area contributed by atoms with Crippen LogP contribution in [-0.2, 0) is 4.79 Å². The molecule has 2 fully saturated rings. The zero-order valence-electron chi connectivity index (χ0n) is 16.0. The number of rotatable bonds is 5. The Balaban J connectivity index is 1.68. The number of hydrogen-bond acceptors (Lipinski definition) is 5. The minimum atomic E-state index is -0.369. The number of nitrogens with two attached hydrogens (primary N) is 1. The minimum Gasteiger partial charge on any atom is -0.369 e. The molecule has 1 amide bonds. The van der Waals surface area contributed by atoms with E-state index in [2.05, 4.69) is 20.4 Å². The van der Waals surface area contributed by atoms with Crippen LogP contribution >= 0.6 is 0 Å². The van der Waals surface area contributed by atoms with Gasteiger partial charge in [-0.25, -0.2) is 9.07 Å². The van der Waals surface area contributed by atoms with Gasteiger partial charge in [0.15, 0.2) is 5.82 Å². The molecular formula is C20H27FN6O. The Morgan fingerprint density at radius 1 is 1.11 bits per heavy atom. The highest BCUT2D eigenvalue weighted by Crippen LogP contribution is 2.35. The molecule has 1 saturated carbocycles. The van der Waals surface area contributed by atoms with Gasteiger partial charge >= 0.3 is 0 Å². The van der Waals surface area contributed by atoms with Gasteiger partial charge in [0.25, 0.3) is 0 Å². The second-order valence-corrected chi connectivity index (χ2v) is 7.91. The first-order valence-electron chi connectivity index (χ1n) is 10.2. The van der Waals surface area contributed by atoms with Gasteiger partial charge in [0.2, 0.25) is 5.91 Å². The van der Waals surface area contributed by atoms with Crippen molar-refractivity contribution in [1.29, 1.82) is 0 Å². The Kier molecular flexibility index (Phi) is 5.66. The molecule has 150 valence electrons. The molecule has 7 nitrogen and oxygen atoms in total. The van der Waals surface area contributed by atoms with E-state index in [1.165, 1.54) is 25.3 Å². The lowest BCUT2D eigenvalue weighted by molar-refractivity contribution is -0.123. The summed E-state index contributed by atoms with van der Waals surface area (Å²) in [4.78, 5) is 13.7. The molecule has 1 unspecified atom stereocenters. The molecule has 1 aromatic carbocycles. The predicted octanol–water partition coefficient (Wildman–Crippen LogP) is 2.60. The number of aromatic nitrogens is 4. The molecule has 0 bridgehead atoms. The molecule has 2 heterocycles. The van der Waals surface area contributed by atoms with Gasteiger partial charge in [-0.05, 0) is 55.3 Å². The molecule has 1 aromatic heterocycles. The van der Waals surface area contributed by atoms with Gasteiger partial charge in [-0.3, -0.25) is 9.69 Å². The molecule has 0 radical (unpaired) electrons. The zero-order valence-corrected chi connectivity index (χ0v) is 16.0. The van der Waals surface area contributed by atoms with Crippen LogP contribution in [0.15, 0.2) is 24.3 Å². The molecule has 1 saturated heterocycles. The molecule has 2 aliphatic rings. The lowest BCUT2D eigenvalue weighted by atomic mass is 9.92. The van der Waals surface area contributed by atoms with Crippen LogP contribution in [0, 0.1) is 11.7 Å². The number of carbonyl (C=O) groups excluding carboxylic acids is 1. The van der Waals surface area contributed by atoms with E-state index in [9.17, 15) is 9.18 Å². The van der Waals surface area contributed by atoms with Crippen molar-refractivity contribution in [2.75, 3.05) is 13.1 Å². The van der Waals surface area contributed by atoms with Gasteiger partial charge in [0, 0.05) is 11.5 Å². The van der Waals surface area contributed by atoms with E-state index < -0.39 is 0 Å². The zero-order chi connectivity index (χ0) is 19.5. The van der Waals surface area contributed by atoms with E-state index in [4.69, 9.17) is 5.73 Å². The van der Waals surface area contributed by atoms with Gasteiger partial charge in [-0.1, -0.05) is 37.5 Å². The smallest absolute Gasteiger partial charge is 0.220 e. The predicted molar refractivity (Wildman–Crippen MR) is 102 cm³/mol. The molecule has 1 aliphatic carbocycles. The Morgan fingerprint density at radius 2 is 1.82 bits per heavy atom. The highest BCUT2D eigenvalue weighted by molar-refractivity contribution is 5.76. The largest absolute Gasteiger partial charge is 0.369 e. The quantitative estimate of drug-likeness (QED) is 0.853. The van der Waals surface area contributed by atoms with Gasteiger partial charge < -0.3 is 5.73 Å². The van der Waals surface area contributed by atoms with Crippen LogP contribution < -0.4 is 5.73 Å². The van der Waals surface area contributed by atoms with Crippen LogP contribution in [0.5, 0.6) is 0 Å². The maximum Gasteiger partial charge on any atom is 0.220 e. The second kappa shape index (κ2) is 8.34. The third-order valence-corrected chi connectivity index (χ3v) is 6.18. The number of likely N-dealkylation sites (tertiary alicyclic amines) is 1. The van der Waals surface area contributed by atoms with Crippen molar-refractivity contribution in [2.45, 2.75) is 57.0 Å². The van der Waals surface area contributed by atoms with Crippen molar-refractivity contribution < 1.29 is 9.18 Å². The second-order valence-electron chi connectivity index (χ2n) is 7.91. The maximum atomic E-state index is 14.8. The van der Waals surface area contributed by atoms with Crippen molar-refractivity contribution in [1.82, 2.24) is 25.1 Å². The maximum absolute atomic E-state index is 14.8. The summed E-state index contributed by atoms with van der Waals surface area (Å²) in [6.07, 6.45) is 7.01. The summed E-state index contributed by atoms with van der Waals surface area (Å²) in [6.45, 7) is 1.31. The minimum absolute atomic E-state index is 0.119. The fraction of sp³-hybridized carbons (Fsp3) is 0.600. The number of piperidine rings is 1. The Hall–Kier alpha value is -2.35. The molecule has 2 aromatic rings. The van der Waals surface area contributed by atoms with Gasteiger partial charge in [0.05, 0.1) is 6.04 Å². The average molecular weight is 386 g/mol. The number of amides is 1. The summed E-state index contributed by atoms with van der Waals surface area (Å²) in [6, 6.07) is 6.71. The first-order chi connectivity index (χ1) is 13.6. The summed E-state index contributed by atoms with van der Waals surface area (Å²) in [5, 5.41) is 12.6. The Labute approximate surface area is 164 Å². The van der Waals surface area contributed by atoms with Crippen molar-refractivity contribution in [3.8, 4) is 0 Å². The standard InChI is InChI=1S/C20H27FN6O/c21-17-9-5-4-8-16(17)18(26-12-10-14(11-13-26)19(22)28)20-23-24-25-27(20)15-6-2-1-3-7-15/h4-5,8-9,14-15,18H,1-3,6-7,10-13H2,(H2,22,28). The normalized spacial score (nSPS) is 20.9. The van der Waals surface area contributed by atoms with Crippen LogP contribution in [0.2, 0.25) is 0 Å². The molecular weight excluding hydrogens is 359 g/mol. The Bertz CT molecular complexity index is 811. The monoisotopic (exact) mass is 386 g/mol. The molecule has 2 N–H and O–H groups in total. The van der Waals surface area contributed by atoms with Crippen molar-refractivity contribution in [3.63, 3.8) is 0 Å². The van der Waals surface area contributed by atoms with Crippen molar-refractivity contribution in [2.24, 2.45) is 11.7 Å². The molecule has 8 heteroatoms. The van der Waals surface area contributed by atoms with E-state index >= 15 is 0 Å². The summed E-state index contributed by atoms with van der Waals surface area (Å²) < 4.78 is 16.7. The molecule has 4 rings (SSSR count). The van der Waals surface area contributed by atoms with E-state index in [1.54, 1.807) is 12.1 Å². The summed E-state index contributed by atoms with van der Waals surface area (Å²) in [5.41, 5.74) is 6.06. The van der Waals surface area contributed by atoms with E-state index in [-0.39, 0.29) is 29.7 Å². The first kappa shape index (κ1) is 19.0. The number of hydrogen-bond donors (Lipinski definition) is 1. The third kappa shape index (κ3) is 3.78. The SMILES string of the molecule is NC(=O)C1CCN(C(c2ccccc2F)c2nnnn2C2CCCCC2)CC1. The fourth-order valence-corrected chi connectivity index (χ4v) is 4.60. The topological polar surface area (TPSA) is 89.9 Å². The number of halogens is 1. The first-order valence-corrected chi connectivity index (χ1v) is 10.2. The number of nitrogens with zero attached hydrogens (tertiary/aromatic N) is 5. The lowest BCUT2D eigenvalue weighted by Gasteiger charge is -2.37. The summed E-state index contributed by atoms with van der Waals surface area (Å²) in [7, 11) is 0. The van der Waals surface area contributed by atoms with Crippen LogP contribution in [-0.4, -0.2) is 44.1 Å². The van der Waals surface area contributed by atoms with Gasteiger partial charge in [0.1, 0.15) is 11.9 Å². The van der Waals surface area contributed by atoms with Crippen LogP contribution in [0.4, 0.5) is 4.39 Å². The number of benzene rings is 1. The van der Waals surface area contributed by atoms with Gasteiger partial charge in [-0.15, -0.1) is 5.10 Å². The molecule has 28 heavy (non-hydrogen) atoms.